The number of Topliss-reactive ketones (excluding diaryl/α,β-unsaturated/α-hetero) is 1. The molecular weight excluding hydrogens is 360 g/mol. The van der Waals surface area contributed by atoms with Crippen LogP contribution in [0.1, 0.15) is 25.3 Å². The van der Waals surface area contributed by atoms with E-state index in [1.54, 1.807) is 6.92 Å². The van der Waals surface area contributed by atoms with Crippen LogP contribution < -0.4 is 11.1 Å². The van der Waals surface area contributed by atoms with Crippen molar-refractivity contribution in [3.05, 3.63) is 22.7 Å². The van der Waals surface area contributed by atoms with Crippen LogP contribution in [0.5, 0.6) is 5.75 Å². The Morgan fingerprint density at radius 3 is 2.54 bits per heavy atom. The van der Waals surface area contributed by atoms with Gasteiger partial charge in [-0.3, -0.25) is 14.1 Å². The first-order valence-electron chi connectivity index (χ1n) is 7.10. The van der Waals surface area contributed by atoms with E-state index >= 15 is 0 Å². The molecule has 1 atom stereocenters. The predicted octanol–water partition coefficient (Wildman–Crippen LogP) is 0.647. The summed E-state index contributed by atoms with van der Waals surface area (Å²) in [7, 11) is -4.68. The first-order chi connectivity index (χ1) is 11.1. The van der Waals surface area contributed by atoms with Crippen molar-refractivity contribution < 1.29 is 27.7 Å². The molecule has 1 aromatic rings. The van der Waals surface area contributed by atoms with Gasteiger partial charge in [-0.1, -0.05) is 11.6 Å². The summed E-state index contributed by atoms with van der Waals surface area (Å²) in [6.45, 7) is 2.17. The second-order valence-electron chi connectivity index (χ2n) is 5.14. The lowest BCUT2D eigenvalue weighted by atomic mass is 10.0. The zero-order valence-electron chi connectivity index (χ0n) is 13.0. The van der Waals surface area contributed by atoms with Crippen molar-refractivity contribution in [3.8, 4) is 5.75 Å². The molecule has 1 aromatic carbocycles. The van der Waals surface area contributed by atoms with Crippen LogP contribution in [0.3, 0.4) is 0 Å². The zero-order chi connectivity index (χ0) is 18.5. The molecule has 0 saturated heterocycles. The third-order valence-corrected chi connectivity index (χ3v) is 4.29. The van der Waals surface area contributed by atoms with Gasteiger partial charge in [-0.2, -0.15) is 8.42 Å². The molecule has 0 saturated carbocycles. The first-order valence-corrected chi connectivity index (χ1v) is 8.92. The van der Waals surface area contributed by atoms with Gasteiger partial charge in [0.2, 0.25) is 5.91 Å². The number of halogens is 1. The van der Waals surface area contributed by atoms with Gasteiger partial charge in [-0.15, -0.1) is 0 Å². The highest BCUT2D eigenvalue weighted by Crippen LogP contribution is 2.31. The smallest absolute Gasteiger partial charge is 0.298 e. The third kappa shape index (κ3) is 5.75. The van der Waals surface area contributed by atoms with Crippen LogP contribution in [0.15, 0.2) is 17.0 Å². The summed E-state index contributed by atoms with van der Waals surface area (Å²) in [5.41, 5.74) is 5.60. The molecule has 8 nitrogen and oxygen atoms in total. The second-order valence-corrected chi connectivity index (χ2v) is 6.97. The number of phenolic OH excluding ortho intramolecular Hbond substituents is 1. The van der Waals surface area contributed by atoms with Gasteiger partial charge in [0.05, 0.1) is 6.04 Å². The molecule has 0 aliphatic heterocycles. The molecule has 1 rings (SSSR count). The average molecular weight is 379 g/mol. The molecule has 0 aliphatic carbocycles. The van der Waals surface area contributed by atoms with Crippen molar-refractivity contribution in [1.82, 2.24) is 5.32 Å². The minimum atomic E-state index is -4.68. The van der Waals surface area contributed by atoms with Gasteiger partial charge in [0.25, 0.3) is 10.1 Å². The van der Waals surface area contributed by atoms with Gasteiger partial charge in [0.1, 0.15) is 16.4 Å². The summed E-state index contributed by atoms with van der Waals surface area (Å²) in [5, 5.41) is 12.4. The van der Waals surface area contributed by atoms with Gasteiger partial charge >= 0.3 is 0 Å². The maximum absolute atomic E-state index is 12.0. The number of ketones is 1. The topological polar surface area (TPSA) is 147 Å². The molecule has 1 amide bonds. The number of phenols is 1. The van der Waals surface area contributed by atoms with Crippen molar-refractivity contribution in [2.45, 2.75) is 37.1 Å². The highest BCUT2D eigenvalue weighted by Gasteiger charge is 2.21. The highest BCUT2D eigenvalue weighted by atomic mass is 35.5. The number of amides is 1. The molecule has 10 heteroatoms. The van der Waals surface area contributed by atoms with E-state index in [0.717, 1.165) is 6.07 Å². The van der Waals surface area contributed by atoms with Gasteiger partial charge in [-0.25, -0.2) is 0 Å². The van der Waals surface area contributed by atoms with Gasteiger partial charge in [0, 0.05) is 30.0 Å². The Morgan fingerprint density at radius 1 is 1.38 bits per heavy atom. The number of carbonyl (C=O) groups is 2. The van der Waals surface area contributed by atoms with Crippen molar-refractivity contribution in [3.63, 3.8) is 0 Å². The fraction of sp³-hybridized carbons (Fsp3) is 0.429. The standard InChI is InChI=1S/C14H19ClN2O6S/c1-2-17-14(20)11(16)4-3-10(18)6-8-5-9(15)7-12(13(8)19)24(21,22)23/h5,7,11,19H,2-4,6,16H2,1H3,(H,17,20)(H,21,22,23)/t11-/m0/s1. The van der Waals surface area contributed by atoms with E-state index in [2.05, 4.69) is 5.32 Å². The Hall–Kier alpha value is -1.68. The Balaban J connectivity index is 2.81. The van der Waals surface area contributed by atoms with Crippen molar-refractivity contribution in [1.29, 1.82) is 0 Å². The Labute approximate surface area is 144 Å². The summed E-state index contributed by atoms with van der Waals surface area (Å²) in [6.07, 6.45) is -0.236. The quantitative estimate of drug-likeness (QED) is 0.485. The van der Waals surface area contributed by atoms with E-state index in [1.807, 2.05) is 0 Å². The van der Waals surface area contributed by atoms with Crippen LogP contribution >= 0.6 is 11.6 Å². The summed E-state index contributed by atoms with van der Waals surface area (Å²) < 4.78 is 31.4. The Bertz CT molecular complexity index is 735. The van der Waals surface area contributed by atoms with E-state index in [-0.39, 0.29) is 41.5 Å². The number of carbonyl (C=O) groups excluding carboxylic acids is 2. The molecule has 0 unspecified atom stereocenters. The largest absolute Gasteiger partial charge is 0.506 e. The molecule has 0 fully saturated rings. The third-order valence-electron chi connectivity index (χ3n) is 3.21. The zero-order valence-corrected chi connectivity index (χ0v) is 14.5. The van der Waals surface area contributed by atoms with Gasteiger partial charge < -0.3 is 16.2 Å². The van der Waals surface area contributed by atoms with E-state index in [0.29, 0.717) is 6.54 Å². The Kier molecular flexibility index (Phi) is 7.15. The summed E-state index contributed by atoms with van der Waals surface area (Å²) >= 11 is 5.74. The summed E-state index contributed by atoms with van der Waals surface area (Å²) in [6, 6.07) is 1.27. The minimum absolute atomic E-state index is 0.0355. The minimum Gasteiger partial charge on any atom is -0.506 e. The van der Waals surface area contributed by atoms with Crippen LogP contribution in [0.2, 0.25) is 5.02 Å². The number of rotatable bonds is 8. The maximum Gasteiger partial charge on any atom is 0.298 e. The molecule has 24 heavy (non-hydrogen) atoms. The van der Waals surface area contributed by atoms with Crippen LogP contribution in [0.25, 0.3) is 0 Å². The van der Waals surface area contributed by atoms with Crippen LogP contribution in [-0.4, -0.2) is 42.4 Å². The average Bonchev–Trinajstić information content (AvgIpc) is 2.47. The molecule has 0 aromatic heterocycles. The van der Waals surface area contributed by atoms with Crippen molar-refractivity contribution >= 4 is 33.4 Å². The van der Waals surface area contributed by atoms with Crippen molar-refractivity contribution in [2.75, 3.05) is 6.54 Å². The summed E-state index contributed by atoms with van der Waals surface area (Å²) in [5.74, 6) is -1.47. The van der Waals surface area contributed by atoms with E-state index in [4.69, 9.17) is 21.9 Å². The lowest BCUT2D eigenvalue weighted by Gasteiger charge is -2.11. The number of nitrogens with two attached hydrogens (primary N) is 1. The molecule has 0 heterocycles. The number of nitrogens with one attached hydrogen (secondary N) is 1. The monoisotopic (exact) mass is 378 g/mol. The van der Waals surface area contributed by atoms with Gasteiger partial charge in [0.15, 0.2) is 0 Å². The van der Waals surface area contributed by atoms with Crippen LogP contribution in [0, 0.1) is 0 Å². The predicted molar refractivity (Wildman–Crippen MR) is 87.5 cm³/mol. The lowest BCUT2D eigenvalue weighted by Crippen LogP contribution is -2.40. The van der Waals surface area contributed by atoms with E-state index in [9.17, 15) is 23.1 Å². The van der Waals surface area contributed by atoms with Crippen LogP contribution in [-0.2, 0) is 26.1 Å². The SMILES string of the molecule is CCNC(=O)[C@@H](N)CCC(=O)Cc1cc(Cl)cc(S(=O)(=O)O)c1O. The molecule has 0 spiro atoms. The molecule has 5 N–H and O–H groups in total. The number of likely N-dealkylation sites (N-methyl/N-ethyl adjacent to an activating group) is 1. The molecule has 134 valence electrons. The van der Waals surface area contributed by atoms with Crippen LogP contribution in [0.4, 0.5) is 0 Å². The first kappa shape index (κ1) is 20.4. The van der Waals surface area contributed by atoms with E-state index in [1.165, 1.54) is 6.07 Å². The normalized spacial score (nSPS) is 12.7. The molecule has 0 bridgehead atoms. The number of hydrogen-bond acceptors (Lipinski definition) is 6. The van der Waals surface area contributed by atoms with Gasteiger partial charge in [-0.05, 0) is 25.5 Å². The molecule has 0 radical (unpaired) electrons. The van der Waals surface area contributed by atoms with Crippen molar-refractivity contribution in [2.24, 2.45) is 5.73 Å². The fourth-order valence-electron chi connectivity index (χ4n) is 2.01. The summed E-state index contributed by atoms with van der Waals surface area (Å²) in [4.78, 5) is 22.7. The number of hydrogen-bond donors (Lipinski definition) is 4. The lowest BCUT2D eigenvalue weighted by molar-refractivity contribution is -0.122. The number of benzene rings is 1. The number of aromatic hydroxyl groups is 1. The molecule has 0 aliphatic rings. The second kappa shape index (κ2) is 8.43. The fourth-order valence-corrected chi connectivity index (χ4v) is 2.97. The highest BCUT2D eigenvalue weighted by molar-refractivity contribution is 7.86. The maximum atomic E-state index is 12.0. The van der Waals surface area contributed by atoms with E-state index < -0.39 is 26.8 Å². The molecular formula is C14H19ClN2O6S. The Morgan fingerprint density at radius 2 is 2.00 bits per heavy atom.